The zero-order valence-corrected chi connectivity index (χ0v) is 12.5. The Hall–Kier alpha value is -1.05. The summed E-state index contributed by atoms with van der Waals surface area (Å²) < 4.78 is 24.0. The van der Waals surface area contributed by atoms with Crippen molar-refractivity contribution >= 4 is 26.2 Å². The second kappa shape index (κ2) is 5.62. The first-order valence-electron chi connectivity index (χ1n) is 5.88. The van der Waals surface area contributed by atoms with Crippen LogP contribution in [0.2, 0.25) is 0 Å². The predicted octanol–water partition coefficient (Wildman–Crippen LogP) is 0.565. The van der Waals surface area contributed by atoms with Gasteiger partial charge in [0.25, 0.3) is 0 Å². The van der Waals surface area contributed by atoms with Gasteiger partial charge in [-0.1, -0.05) is 12.1 Å². The fourth-order valence-corrected chi connectivity index (χ4v) is 4.59. The molecule has 1 aromatic heterocycles. The van der Waals surface area contributed by atoms with E-state index in [1.54, 1.807) is 24.3 Å². The van der Waals surface area contributed by atoms with Gasteiger partial charge in [-0.3, -0.25) is 9.13 Å². The zero-order chi connectivity index (χ0) is 15.8. The zero-order valence-electron chi connectivity index (χ0n) is 10.7. The van der Waals surface area contributed by atoms with Crippen molar-refractivity contribution in [3.8, 4) is 0 Å². The average molecular weight is 335 g/mol. The molecular formula is C10H15N3O6P2. The van der Waals surface area contributed by atoms with Gasteiger partial charge in [0.1, 0.15) is 0 Å². The molecule has 1 unspecified atom stereocenters. The molecule has 0 saturated carbocycles. The molecule has 0 amide bonds. The number of fused-ring (bicyclic) bond motifs is 1. The number of rotatable bonds is 5. The van der Waals surface area contributed by atoms with E-state index in [9.17, 15) is 9.13 Å². The summed E-state index contributed by atoms with van der Waals surface area (Å²) in [5, 5.41) is -2.14. The van der Waals surface area contributed by atoms with Crippen LogP contribution >= 0.6 is 15.2 Å². The monoisotopic (exact) mass is 335 g/mol. The number of aromatic nitrogens is 2. The van der Waals surface area contributed by atoms with E-state index in [-0.39, 0.29) is 0 Å². The third-order valence-electron chi connectivity index (χ3n) is 3.07. The van der Waals surface area contributed by atoms with Gasteiger partial charge in [0.2, 0.25) is 0 Å². The molecule has 0 bridgehead atoms. The lowest BCUT2D eigenvalue weighted by Crippen LogP contribution is -2.24. The third-order valence-corrected chi connectivity index (χ3v) is 6.85. The van der Waals surface area contributed by atoms with E-state index in [4.69, 9.17) is 25.3 Å². The fraction of sp³-hybridized carbons (Fsp3) is 0.300. The van der Waals surface area contributed by atoms with Gasteiger partial charge < -0.3 is 29.9 Å². The summed E-state index contributed by atoms with van der Waals surface area (Å²) in [6, 6.07) is 6.92. The maximum Gasteiger partial charge on any atom is 0.340 e. The van der Waals surface area contributed by atoms with Crippen LogP contribution in [0.5, 0.6) is 0 Å². The summed E-state index contributed by atoms with van der Waals surface area (Å²) >= 11 is 0. The molecule has 9 nitrogen and oxygen atoms in total. The summed E-state index contributed by atoms with van der Waals surface area (Å²) in [7, 11) is -9.98. The second-order valence-electron chi connectivity index (χ2n) is 4.60. The van der Waals surface area contributed by atoms with Crippen LogP contribution in [-0.4, -0.2) is 34.5 Å². The van der Waals surface area contributed by atoms with Crippen LogP contribution < -0.4 is 5.73 Å². The van der Waals surface area contributed by atoms with E-state index in [2.05, 4.69) is 4.98 Å². The minimum atomic E-state index is -4.99. The van der Waals surface area contributed by atoms with E-state index in [0.29, 0.717) is 11.0 Å². The Bertz CT molecular complexity index is 713. The highest BCUT2D eigenvalue weighted by Crippen LogP contribution is 2.62. The molecule has 0 aliphatic carbocycles. The fourth-order valence-electron chi connectivity index (χ4n) is 2.04. The van der Waals surface area contributed by atoms with E-state index < -0.39 is 33.2 Å². The summed E-state index contributed by atoms with van der Waals surface area (Å²) in [5.74, 6) is 0. The Kier molecular flexibility index (Phi) is 4.37. The molecule has 0 spiro atoms. The number of nitrogens with two attached hydrogens (primary N) is 1. The van der Waals surface area contributed by atoms with Gasteiger partial charge in [-0.2, -0.15) is 0 Å². The maximum atomic E-state index is 11.3. The highest BCUT2D eigenvalue weighted by atomic mass is 31.2. The molecule has 6 N–H and O–H groups in total. The van der Waals surface area contributed by atoms with Crippen molar-refractivity contribution < 1.29 is 28.7 Å². The van der Waals surface area contributed by atoms with Crippen molar-refractivity contribution in [3.05, 3.63) is 30.6 Å². The first-order valence-corrected chi connectivity index (χ1v) is 9.24. The third kappa shape index (κ3) is 3.59. The van der Waals surface area contributed by atoms with Crippen molar-refractivity contribution in [1.82, 2.24) is 9.55 Å². The van der Waals surface area contributed by atoms with Crippen molar-refractivity contribution in [1.29, 1.82) is 0 Å². The molecule has 21 heavy (non-hydrogen) atoms. The smallest absolute Gasteiger partial charge is 0.324 e. The molecule has 1 heterocycles. The first-order chi connectivity index (χ1) is 9.60. The molecule has 1 aromatic carbocycles. The molecule has 116 valence electrons. The highest BCUT2D eigenvalue weighted by molar-refractivity contribution is 7.70. The number of hydrogen-bond donors (Lipinski definition) is 5. The number of nitrogens with zero attached hydrogens (tertiary/aromatic N) is 2. The molecule has 2 aromatic rings. The topological polar surface area (TPSA) is 159 Å². The Balaban J connectivity index is 2.34. The van der Waals surface area contributed by atoms with Crippen LogP contribution in [0.4, 0.5) is 0 Å². The SMILES string of the molecule is NC(CC(P(=O)(O)O)P(=O)(O)O)n1cnc2ccccc21. The summed E-state index contributed by atoms with van der Waals surface area (Å²) in [5.41, 5.74) is 7.07. The molecule has 0 radical (unpaired) electrons. The number of imidazole rings is 1. The molecule has 2 rings (SSSR count). The van der Waals surface area contributed by atoms with Gasteiger partial charge in [0, 0.05) is 6.42 Å². The standard InChI is InChI=1S/C10H15N3O6P2/c11-9(5-10(20(14,15)16)21(17,18)19)13-6-12-7-3-1-2-4-8(7)13/h1-4,6,9-10H,5,11H2,(H2,14,15,16)(H2,17,18,19). The van der Waals surface area contributed by atoms with Crippen LogP contribution in [0.15, 0.2) is 30.6 Å². The lowest BCUT2D eigenvalue weighted by Gasteiger charge is -2.23. The minimum absolute atomic E-state index is 0.574. The number of hydrogen-bond acceptors (Lipinski definition) is 4. The Morgan fingerprint density at radius 2 is 1.71 bits per heavy atom. The van der Waals surface area contributed by atoms with Crippen LogP contribution in [-0.2, 0) is 9.13 Å². The van der Waals surface area contributed by atoms with Gasteiger partial charge in [-0.15, -0.1) is 0 Å². The van der Waals surface area contributed by atoms with E-state index in [0.717, 1.165) is 0 Å². The van der Waals surface area contributed by atoms with Crippen LogP contribution in [0.25, 0.3) is 11.0 Å². The number of benzene rings is 1. The van der Waals surface area contributed by atoms with Gasteiger partial charge >= 0.3 is 15.2 Å². The van der Waals surface area contributed by atoms with E-state index in [1.165, 1.54) is 10.9 Å². The predicted molar refractivity (Wildman–Crippen MR) is 75.5 cm³/mol. The van der Waals surface area contributed by atoms with Gasteiger partial charge in [-0.05, 0) is 12.1 Å². The van der Waals surface area contributed by atoms with Crippen LogP contribution in [0, 0.1) is 0 Å². The second-order valence-corrected chi connectivity index (χ2v) is 8.61. The summed E-state index contributed by atoms with van der Waals surface area (Å²) in [4.78, 5) is 40.5. The maximum absolute atomic E-state index is 11.3. The van der Waals surface area contributed by atoms with Crippen LogP contribution in [0.3, 0.4) is 0 Å². The van der Waals surface area contributed by atoms with Crippen molar-refractivity contribution in [2.24, 2.45) is 5.73 Å². The molecule has 0 saturated heterocycles. The molecule has 0 aliphatic heterocycles. The first kappa shape index (κ1) is 16.3. The Morgan fingerprint density at radius 1 is 1.14 bits per heavy atom. The largest absolute Gasteiger partial charge is 0.340 e. The minimum Gasteiger partial charge on any atom is -0.324 e. The lowest BCUT2D eigenvalue weighted by molar-refractivity contribution is 0.325. The molecule has 0 aliphatic rings. The molecule has 0 fully saturated rings. The molecule has 1 atom stereocenters. The normalized spacial score (nSPS) is 14.8. The Morgan fingerprint density at radius 3 is 2.29 bits per heavy atom. The average Bonchev–Trinajstić information content (AvgIpc) is 2.76. The van der Waals surface area contributed by atoms with Gasteiger partial charge in [-0.25, -0.2) is 4.98 Å². The lowest BCUT2D eigenvalue weighted by atomic mass is 10.3. The highest BCUT2D eigenvalue weighted by Gasteiger charge is 2.44. The van der Waals surface area contributed by atoms with Crippen LogP contribution in [0.1, 0.15) is 12.6 Å². The van der Waals surface area contributed by atoms with E-state index >= 15 is 0 Å². The summed E-state index contributed by atoms with van der Waals surface area (Å²) in [6.07, 6.45) is -0.233. The number of para-hydroxylation sites is 2. The molecule has 11 heteroatoms. The quantitative estimate of drug-likeness (QED) is 0.496. The van der Waals surface area contributed by atoms with Gasteiger partial charge in [0.05, 0.1) is 23.5 Å². The van der Waals surface area contributed by atoms with Crippen molar-refractivity contribution in [3.63, 3.8) is 0 Å². The Labute approximate surface area is 119 Å². The summed E-state index contributed by atoms with van der Waals surface area (Å²) in [6.45, 7) is 0. The van der Waals surface area contributed by atoms with E-state index in [1.807, 2.05) is 0 Å². The molecular weight excluding hydrogens is 320 g/mol. The van der Waals surface area contributed by atoms with Gasteiger partial charge in [0.15, 0.2) is 5.40 Å². The van der Waals surface area contributed by atoms with Crippen molar-refractivity contribution in [2.75, 3.05) is 0 Å². The van der Waals surface area contributed by atoms with Crippen molar-refractivity contribution in [2.45, 2.75) is 18.0 Å².